The summed E-state index contributed by atoms with van der Waals surface area (Å²) in [6.07, 6.45) is 4.67. The van der Waals surface area contributed by atoms with Gasteiger partial charge in [0.25, 0.3) is 0 Å². The van der Waals surface area contributed by atoms with Crippen molar-refractivity contribution in [3.05, 3.63) is 82.1 Å². The molecule has 0 aliphatic heterocycles. The van der Waals surface area contributed by atoms with Gasteiger partial charge in [0.15, 0.2) is 5.75 Å². The molecule has 3 rings (SSSR count). The largest absolute Gasteiger partial charge is 0.479 e. The molecule has 0 unspecified atom stereocenters. The third-order valence-electron chi connectivity index (χ3n) is 3.73. The number of nitro benzene ring substituents is 1. The number of carbonyl (C=O) groups excluding carboxylic acids is 1. The number of furan rings is 1. The van der Waals surface area contributed by atoms with Crippen LogP contribution >= 0.6 is 0 Å². The Morgan fingerprint density at radius 3 is 2.85 bits per heavy atom. The maximum atomic E-state index is 12.1. The molecule has 1 aromatic carbocycles. The van der Waals surface area contributed by atoms with E-state index < -0.39 is 4.92 Å². The average molecular weight is 367 g/mol. The molecular weight excluding hydrogens is 350 g/mol. The van der Waals surface area contributed by atoms with Gasteiger partial charge >= 0.3 is 5.69 Å². The number of aromatic nitrogens is 2. The third-order valence-corrected chi connectivity index (χ3v) is 3.73. The second kappa shape index (κ2) is 8.13. The first-order valence-corrected chi connectivity index (χ1v) is 8.27. The van der Waals surface area contributed by atoms with E-state index in [9.17, 15) is 14.9 Å². The van der Waals surface area contributed by atoms with Crippen LogP contribution in [0.1, 0.15) is 28.9 Å². The SMILES string of the molecule is CCn1ccc(C(=O)/C=C/c2ccc(COc3ccccc3[N+](=O)[O-])o2)n1. The molecule has 0 saturated carbocycles. The molecule has 8 nitrogen and oxygen atoms in total. The smallest absolute Gasteiger partial charge is 0.310 e. The van der Waals surface area contributed by atoms with Crippen molar-refractivity contribution in [3.63, 3.8) is 0 Å². The second-order valence-electron chi connectivity index (χ2n) is 5.57. The van der Waals surface area contributed by atoms with Gasteiger partial charge in [-0.1, -0.05) is 12.1 Å². The molecule has 0 saturated heterocycles. The Kier molecular flexibility index (Phi) is 5.46. The van der Waals surface area contributed by atoms with Gasteiger partial charge in [0.05, 0.1) is 4.92 Å². The molecule has 27 heavy (non-hydrogen) atoms. The Bertz CT molecular complexity index is 987. The van der Waals surface area contributed by atoms with Gasteiger partial charge in [-0.15, -0.1) is 0 Å². The minimum absolute atomic E-state index is 0.0353. The Labute approximate surface area is 154 Å². The highest BCUT2D eigenvalue weighted by Crippen LogP contribution is 2.26. The number of allylic oxidation sites excluding steroid dienone is 1. The topological polar surface area (TPSA) is 100 Å². The van der Waals surface area contributed by atoms with Crippen LogP contribution in [0.2, 0.25) is 0 Å². The lowest BCUT2D eigenvalue weighted by Gasteiger charge is -2.04. The highest BCUT2D eigenvalue weighted by atomic mass is 16.6. The normalized spacial score (nSPS) is 11.0. The van der Waals surface area contributed by atoms with E-state index in [-0.39, 0.29) is 23.8 Å². The van der Waals surface area contributed by atoms with Gasteiger partial charge in [-0.2, -0.15) is 5.10 Å². The van der Waals surface area contributed by atoms with Crippen molar-refractivity contribution in [3.8, 4) is 5.75 Å². The van der Waals surface area contributed by atoms with Crippen molar-refractivity contribution in [1.29, 1.82) is 0 Å². The number of hydrogen-bond donors (Lipinski definition) is 0. The molecular formula is C19H17N3O5. The van der Waals surface area contributed by atoms with Crippen molar-refractivity contribution in [1.82, 2.24) is 9.78 Å². The molecule has 0 fully saturated rings. The maximum absolute atomic E-state index is 12.1. The minimum atomic E-state index is -0.503. The summed E-state index contributed by atoms with van der Waals surface area (Å²) in [4.78, 5) is 22.5. The Hall–Kier alpha value is -3.68. The van der Waals surface area contributed by atoms with Crippen LogP contribution in [0, 0.1) is 10.1 Å². The molecule has 0 atom stereocenters. The lowest BCUT2D eigenvalue weighted by molar-refractivity contribution is -0.386. The Morgan fingerprint density at radius 1 is 1.30 bits per heavy atom. The first-order valence-electron chi connectivity index (χ1n) is 8.27. The van der Waals surface area contributed by atoms with Crippen molar-refractivity contribution in [2.24, 2.45) is 0 Å². The van der Waals surface area contributed by atoms with Gasteiger partial charge in [-0.05, 0) is 43.3 Å². The molecule has 0 aliphatic carbocycles. The number of hydrogen-bond acceptors (Lipinski definition) is 6. The van der Waals surface area contributed by atoms with E-state index in [4.69, 9.17) is 9.15 Å². The van der Waals surface area contributed by atoms with E-state index in [0.29, 0.717) is 23.8 Å². The summed E-state index contributed by atoms with van der Waals surface area (Å²) in [5.41, 5.74) is 0.251. The van der Waals surface area contributed by atoms with Crippen LogP contribution in [-0.2, 0) is 13.2 Å². The van der Waals surface area contributed by atoms with Crippen molar-refractivity contribution < 1.29 is 18.9 Å². The fraction of sp³-hybridized carbons (Fsp3) is 0.158. The molecule has 0 radical (unpaired) electrons. The second-order valence-corrected chi connectivity index (χ2v) is 5.57. The summed E-state index contributed by atoms with van der Waals surface area (Å²) in [6, 6.07) is 11.2. The van der Waals surface area contributed by atoms with E-state index in [2.05, 4.69) is 5.10 Å². The number of rotatable bonds is 8. The first kappa shape index (κ1) is 18.1. The van der Waals surface area contributed by atoms with E-state index >= 15 is 0 Å². The minimum Gasteiger partial charge on any atom is -0.479 e. The monoisotopic (exact) mass is 367 g/mol. The summed E-state index contributed by atoms with van der Waals surface area (Å²) in [5.74, 6) is 0.893. The fourth-order valence-corrected chi connectivity index (χ4v) is 2.35. The third kappa shape index (κ3) is 4.49. The van der Waals surface area contributed by atoms with Crippen LogP contribution in [0.5, 0.6) is 5.75 Å². The molecule has 0 spiro atoms. The number of ether oxygens (including phenoxy) is 1. The van der Waals surface area contributed by atoms with Crippen LogP contribution in [-0.4, -0.2) is 20.5 Å². The van der Waals surface area contributed by atoms with Gasteiger partial charge in [0, 0.05) is 18.8 Å². The Balaban J connectivity index is 1.62. The number of nitrogens with zero attached hydrogens (tertiary/aromatic N) is 3. The van der Waals surface area contributed by atoms with E-state index in [1.54, 1.807) is 47.3 Å². The molecule has 8 heteroatoms. The number of nitro groups is 1. The highest BCUT2D eigenvalue weighted by Gasteiger charge is 2.14. The summed E-state index contributed by atoms with van der Waals surface area (Å²) in [6.45, 7) is 2.67. The molecule has 0 aliphatic rings. The number of aryl methyl sites for hydroxylation is 1. The number of benzene rings is 1. The highest BCUT2D eigenvalue weighted by molar-refractivity contribution is 6.05. The van der Waals surface area contributed by atoms with Crippen LogP contribution in [0.4, 0.5) is 5.69 Å². The Morgan fingerprint density at radius 2 is 2.11 bits per heavy atom. The molecule has 138 valence electrons. The number of para-hydroxylation sites is 2. The maximum Gasteiger partial charge on any atom is 0.310 e. The summed E-state index contributed by atoms with van der Waals surface area (Å²) >= 11 is 0. The molecule has 2 aromatic heterocycles. The number of ketones is 1. The lowest BCUT2D eigenvalue weighted by Crippen LogP contribution is -1.99. The summed E-state index contributed by atoms with van der Waals surface area (Å²) in [7, 11) is 0. The predicted molar refractivity (Wildman–Crippen MR) is 97.4 cm³/mol. The van der Waals surface area contributed by atoms with Gasteiger partial charge in [0.2, 0.25) is 5.78 Å². The fourth-order valence-electron chi connectivity index (χ4n) is 2.35. The molecule has 3 aromatic rings. The van der Waals surface area contributed by atoms with Crippen LogP contribution in [0.25, 0.3) is 6.08 Å². The standard InChI is InChI=1S/C19H17N3O5/c1-2-21-12-11-16(20-21)18(23)10-9-14-7-8-15(27-14)13-26-19-6-4-3-5-17(19)22(24)25/h3-12H,2,13H2,1H3/b10-9+. The van der Waals surface area contributed by atoms with Crippen molar-refractivity contribution in [2.75, 3.05) is 0 Å². The lowest BCUT2D eigenvalue weighted by atomic mass is 10.2. The van der Waals surface area contributed by atoms with Gasteiger partial charge in [-0.3, -0.25) is 19.6 Å². The predicted octanol–water partition coefficient (Wildman–Crippen LogP) is 3.88. The van der Waals surface area contributed by atoms with E-state index in [1.165, 1.54) is 18.2 Å². The summed E-state index contributed by atoms with van der Waals surface area (Å²) in [5, 5.41) is 15.1. The van der Waals surface area contributed by atoms with Gasteiger partial charge < -0.3 is 9.15 Å². The van der Waals surface area contributed by atoms with Crippen LogP contribution in [0.15, 0.2) is 59.2 Å². The van der Waals surface area contributed by atoms with Gasteiger partial charge in [0.1, 0.15) is 23.8 Å². The zero-order chi connectivity index (χ0) is 19.2. The van der Waals surface area contributed by atoms with E-state index in [1.807, 2.05) is 6.92 Å². The number of carbonyl (C=O) groups is 1. The van der Waals surface area contributed by atoms with Crippen molar-refractivity contribution in [2.45, 2.75) is 20.1 Å². The molecule has 0 bridgehead atoms. The zero-order valence-electron chi connectivity index (χ0n) is 14.6. The molecule has 0 amide bonds. The average Bonchev–Trinajstić information content (AvgIpc) is 3.34. The van der Waals surface area contributed by atoms with E-state index in [0.717, 1.165) is 0 Å². The van der Waals surface area contributed by atoms with Crippen molar-refractivity contribution >= 4 is 17.5 Å². The quantitative estimate of drug-likeness (QED) is 0.259. The molecule has 0 N–H and O–H groups in total. The zero-order valence-corrected chi connectivity index (χ0v) is 14.6. The van der Waals surface area contributed by atoms with Crippen LogP contribution < -0.4 is 4.74 Å². The molecule has 2 heterocycles. The summed E-state index contributed by atoms with van der Waals surface area (Å²) < 4.78 is 12.7. The van der Waals surface area contributed by atoms with Gasteiger partial charge in [-0.25, -0.2) is 0 Å². The first-order chi connectivity index (χ1) is 13.1. The van der Waals surface area contributed by atoms with Crippen LogP contribution in [0.3, 0.4) is 0 Å².